The number of ether oxygens (including phenoxy) is 2. The molecule has 112 valence electrons. The average molecular weight is 285 g/mol. The van der Waals surface area contributed by atoms with Crippen LogP contribution in [0.1, 0.15) is 18.5 Å². The van der Waals surface area contributed by atoms with Gasteiger partial charge in [-0.1, -0.05) is 18.2 Å². The van der Waals surface area contributed by atoms with Crippen LogP contribution in [0.2, 0.25) is 0 Å². The van der Waals surface area contributed by atoms with E-state index in [1.54, 1.807) is 14.2 Å². The van der Waals surface area contributed by atoms with Crippen molar-refractivity contribution in [1.82, 2.24) is 4.90 Å². The number of benzene rings is 2. The second-order valence-corrected chi connectivity index (χ2v) is 5.37. The molecule has 0 bridgehead atoms. The second kappa shape index (κ2) is 6.64. The van der Waals surface area contributed by atoms with E-state index in [1.807, 2.05) is 18.2 Å². The standard InChI is InChI=1S/C18H23NO2/c1-13(19(2)3)14-7-6-8-15(9-14)16-10-17(20-4)12-18(11-16)21-5/h6-13H,1-5H3/t13-/m0/s1. The van der Waals surface area contributed by atoms with Crippen molar-refractivity contribution in [2.75, 3.05) is 28.3 Å². The fourth-order valence-electron chi connectivity index (χ4n) is 2.25. The molecular formula is C18H23NO2. The lowest BCUT2D eigenvalue weighted by Gasteiger charge is -2.20. The Balaban J connectivity index is 2.44. The minimum Gasteiger partial charge on any atom is -0.497 e. The van der Waals surface area contributed by atoms with E-state index in [1.165, 1.54) is 11.1 Å². The van der Waals surface area contributed by atoms with E-state index in [9.17, 15) is 0 Å². The van der Waals surface area contributed by atoms with Crippen molar-refractivity contribution in [3.8, 4) is 22.6 Å². The lowest BCUT2D eigenvalue weighted by Crippen LogP contribution is -2.16. The summed E-state index contributed by atoms with van der Waals surface area (Å²) in [5, 5.41) is 0. The highest BCUT2D eigenvalue weighted by Crippen LogP contribution is 2.31. The van der Waals surface area contributed by atoms with Gasteiger partial charge < -0.3 is 14.4 Å². The predicted octanol–water partition coefficient (Wildman–Crippen LogP) is 3.99. The van der Waals surface area contributed by atoms with Gasteiger partial charge in [-0.05, 0) is 55.9 Å². The molecule has 0 aliphatic carbocycles. The first kappa shape index (κ1) is 15.4. The van der Waals surface area contributed by atoms with E-state index in [2.05, 4.69) is 50.2 Å². The first-order chi connectivity index (χ1) is 10.0. The summed E-state index contributed by atoms with van der Waals surface area (Å²) in [6.07, 6.45) is 0. The molecule has 0 saturated heterocycles. The molecule has 2 rings (SSSR count). The predicted molar refractivity (Wildman–Crippen MR) is 87.1 cm³/mol. The van der Waals surface area contributed by atoms with Crippen molar-refractivity contribution in [3.05, 3.63) is 48.0 Å². The Hall–Kier alpha value is -2.00. The van der Waals surface area contributed by atoms with Gasteiger partial charge in [-0.25, -0.2) is 0 Å². The molecule has 3 heteroatoms. The summed E-state index contributed by atoms with van der Waals surface area (Å²) in [4.78, 5) is 2.20. The highest BCUT2D eigenvalue weighted by atomic mass is 16.5. The normalized spacial score (nSPS) is 12.3. The molecule has 0 N–H and O–H groups in total. The molecule has 0 heterocycles. The first-order valence-electron chi connectivity index (χ1n) is 7.05. The largest absolute Gasteiger partial charge is 0.497 e. The van der Waals surface area contributed by atoms with Gasteiger partial charge in [0, 0.05) is 12.1 Å². The Labute approximate surface area is 127 Å². The topological polar surface area (TPSA) is 21.7 Å². The molecule has 21 heavy (non-hydrogen) atoms. The van der Waals surface area contributed by atoms with Gasteiger partial charge in [0.1, 0.15) is 11.5 Å². The highest BCUT2D eigenvalue weighted by molar-refractivity contribution is 5.68. The maximum atomic E-state index is 5.35. The van der Waals surface area contributed by atoms with Crippen LogP contribution in [0.3, 0.4) is 0 Å². The van der Waals surface area contributed by atoms with Crippen molar-refractivity contribution in [1.29, 1.82) is 0 Å². The molecular weight excluding hydrogens is 262 g/mol. The third kappa shape index (κ3) is 3.56. The fraction of sp³-hybridized carbons (Fsp3) is 0.333. The second-order valence-electron chi connectivity index (χ2n) is 5.37. The molecule has 0 aromatic heterocycles. The van der Waals surface area contributed by atoms with E-state index >= 15 is 0 Å². The van der Waals surface area contributed by atoms with Crippen molar-refractivity contribution < 1.29 is 9.47 Å². The summed E-state index contributed by atoms with van der Waals surface area (Å²) in [7, 11) is 7.52. The van der Waals surface area contributed by atoms with Crippen LogP contribution in [-0.2, 0) is 0 Å². The summed E-state index contributed by atoms with van der Waals surface area (Å²) < 4.78 is 10.7. The van der Waals surface area contributed by atoms with E-state index in [0.717, 1.165) is 17.1 Å². The SMILES string of the molecule is COc1cc(OC)cc(-c2cccc([C@H](C)N(C)C)c2)c1. The monoisotopic (exact) mass is 285 g/mol. The lowest BCUT2D eigenvalue weighted by atomic mass is 9.99. The maximum Gasteiger partial charge on any atom is 0.123 e. The number of rotatable bonds is 5. The molecule has 0 amide bonds. The van der Waals surface area contributed by atoms with Gasteiger partial charge in [-0.15, -0.1) is 0 Å². The van der Waals surface area contributed by atoms with E-state index in [0.29, 0.717) is 6.04 Å². The molecule has 2 aromatic rings. The minimum absolute atomic E-state index is 0.373. The van der Waals surface area contributed by atoms with Crippen LogP contribution >= 0.6 is 0 Å². The maximum absolute atomic E-state index is 5.35. The van der Waals surface area contributed by atoms with Crippen LogP contribution in [0.15, 0.2) is 42.5 Å². The van der Waals surface area contributed by atoms with Crippen LogP contribution in [-0.4, -0.2) is 33.2 Å². The average Bonchev–Trinajstić information content (AvgIpc) is 2.53. The zero-order chi connectivity index (χ0) is 15.4. The number of nitrogens with zero attached hydrogens (tertiary/aromatic N) is 1. The van der Waals surface area contributed by atoms with Gasteiger partial charge in [-0.2, -0.15) is 0 Å². The van der Waals surface area contributed by atoms with Crippen molar-refractivity contribution in [2.45, 2.75) is 13.0 Å². The molecule has 0 fully saturated rings. The molecule has 0 aliphatic rings. The number of hydrogen-bond donors (Lipinski definition) is 0. The third-order valence-electron chi connectivity index (χ3n) is 3.83. The Morgan fingerprint density at radius 3 is 2.00 bits per heavy atom. The summed E-state index contributed by atoms with van der Waals surface area (Å²) in [6.45, 7) is 2.20. The molecule has 0 unspecified atom stereocenters. The van der Waals surface area contributed by atoms with Crippen LogP contribution in [0, 0.1) is 0 Å². The summed E-state index contributed by atoms with van der Waals surface area (Å²) in [6, 6.07) is 14.9. The van der Waals surface area contributed by atoms with E-state index in [4.69, 9.17) is 9.47 Å². The Morgan fingerprint density at radius 2 is 1.48 bits per heavy atom. The molecule has 0 spiro atoms. The van der Waals surface area contributed by atoms with Gasteiger partial charge in [0.15, 0.2) is 0 Å². The quantitative estimate of drug-likeness (QED) is 0.829. The first-order valence-corrected chi connectivity index (χ1v) is 7.05. The summed E-state index contributed by atoms with van der Waals surface area (Å²) >= 11 is 0. The smallest absolute Gasteiger partial charge is 0.123 e. The fourth-order valence-corrected chi connectivity index (χ4v) is 2.25. The van der Waals surface area contributed by atoms with Gasteiger partial charge in [0.05, 0.1) is 14.2 Å². The van der Waals surface area contributed by atoms with Crippen LogP contribution in [0.25, 0.3) is 11.1 Å². The van der Waals surface area contributed by atoms with Crippen LogP contribution in [0.4, 0.5) is 0 Å². The van der Waals surface area contributed by atoms with Crippen molar-refractivity contribution >= 4 is 0 Å². The van der Waals surface area contributed by atoms with Crippen molar-refractivity contribution in [3.63, 3.8) is 0 Å². The zero-order valence-electron chi connectivity index (χ0n) is 13.4. The van der Waals surface area contributed by atoms with Gasteiger partial charge >= 0.3 is 0 Å². The Morgan fingerprint density at radius 1 is 0.857 bits per heavy atom. The summed E-state index contributed by atoms with van der Waals surface area (Å²) in [5.74, 6) is 1.60. The number of hydrogen-bond acceptors (Lipinski definition) is 3. The zero-order valence-corrected chi connectivity index (χ0v) is 13.4. The van der Waals surface area contributed by atoms with Crippen LogP contribution < -0.4 is 9.47 Å². The Bertz CT molecular complexity index is 586. The molecule has 0 radical (unpaired) electrons. The van der Waals surface area contributed by atoms with Gasteiger partial charge in [-0.3, -0.25) is 0 Å². The molecule has 3 nitrogen and oxygen atoms in total. The minimum atomic E-state index is 0.373. The Kier molecular flexibility index (Phi) is 4.86. The molecule has 0 saturated carbocycles. The van der Waals surface area contributed by atoms with Gasteiger partial charge in [0.25, 0.3) is 0 Å². The summed E-state index contributed by atoms with van der Waals surface area (Å²) in [5.41, 5.74) is 3.55. The molecule has 1 atom stereocenters. The highest BCUT2D eigenvalue weighted by Gasteiger charge is 2.10. The lowest BCUT2D eigenvalue weighted by molar-refractivity contribution is 0.321. The van der Waals surface area contributed by atoms with Crippen molar-refractivity contribution in [2.24, 2.45) is 0 Å². The van der Waals surface area contributed by atoms with Gasteiger partial charge in [0.2, 0.25) is 0 Å². The van der Waals surface area contributed by atoms with E-state index in [-0.39, 0.29) is 0 Å². The van der Waals surface area contributed by atoms with E-state index < -0.39 is 0 Å². The third-order valence-corrected chi connectivity index (χ3v) is 3.83. The number of methoxy groups -OCH3 is 2. The molecule has 0 aliphatic heterocycles. The molecule has 2 aromatic carbocycles. The van der Waals surface area contributed by atoms with Crippen LogP contribution in [0.5, 0.6) is 11.5 Å².